The van der Waals surface area contributed by atoms with Crippen LogP contribution < -0.4 is 5.32 Å². The van der Waals surface area contributed by atoms with Crippen molar-refractivity contribution in [2.24, 2.45) is 0 Å². The lowest BCUT2D eigenvalue weighted by molar-refractivity contribution is -0.138. The standard InChI is InChI=1S/C15H18F3N3/c1-9(2)21-8-11(4)19-14(21)20-12-6-5-10(3)13(7-12)15(16,17)18/h5-9H,1-4H3,(H,19,20). The monoisotopic (exact) mass is 297 g/mol. The first-order chi connectivity index (χ1) is 9.68. The Hall–Kier alpha value is -1.98. The number of nitrogens with one attached hydrogen (secondary N) is 1. The molecule has 21 heavy (non-hydrogen) atoms. The highest BCUT2D eigenvalue weighted by molar-refractivity contribution is 5.57. The molecule has 1 aromatic carbocycles. The first kappa shape index (κ1) is 15.4. The van der Waals surface area contributed by atoms with Crippen LogP contribution in [0.15, 0.2) is 24.4 Å². The van der Waals surface area contributed by atoms with Crippen LogP contribution in [0.5, 0.6) is 0 Å². The molecule has 0 saturated heterocycles. The number of halogens is 3. The number of imidazole rings is 1. The topological polar surface area (TPSA) is 29.9 Å². The van der Waals surface area contributed by atoms with Crippen LogP contribution in [0.4, 0.5) is 24.8 Å². The molecule has 0 aliphatic carbocycles. The second-order valence-electron chi connectivity index (χ2n) is 5.36. The number of nitrogens with zero attached hydrogens (tertiary/aromatic N) is 2. The molecular weight excluding hydrogens is 279 g/mol. The largest absolute Gasteiger partial charge is 0.416 e. The molecule has 0 atom stereocenters. The fourth-order valence-corrected chi connectivity index (χ4v) is 2.14. The highest BCUT2D eigenvalue weighted by Gasteiger charge is 2.32. The van der Waals surface area contributed by atoms with Crippen molar-refractivity contribution in [1.29, 1.82) is 0 Å². The van der Waals surface area contributed by atoms with Gasteiger partial charge in [-0.15, -0.1) is 0 Å². The van der Waals surface area contributed by atoms with E-state index in [1.54, 1.807) is 6.07 Å². The second-order valence-corrected chi connectivity index (χ2v) is 5.36. The van der Waals surface area contributed by atoms with Gasteiger partial charge < -0.3 is 9.88 Å². The number of rotatable bonds is 3. The van der Waals surface area contributed by atoms with Gasteiger partial charge in [0, 0.05) is 17.9 Å². The number of alkyl halides is 3. The normalized spacial score (nSPS) is 12.0. The lowest BCUT2D eigenvalue weighted by Gasteiger charge is -2.15. The Morgan fingerprint density at radius 3 is 2.43 bits per heavy atom. The minimum atomic E-state index is -4.36. The number of anilines is 2. The van der Waals surface area contributed by atoms with E-state index >= 15 is 0 Å². The van der Waals surface area contributed by atoms with Crippen molar-refractivity contribution in [3.63, 3.8) is 0 Å². The minimum absolute atomic E-state index is 0.168. The van der Waals surface area contributed by atoms with Crippen molar-refractivity contribution in [2.45, 2.75) is 39.9 Å². The van der Waals surface area contributed by atoms with Gasteiger partial charge in [0.2, 0.25) is 5.95 Å². The lowest BCUT2D eigenvalue weighted by Crippen LogP contribution is -2.09. The number of aromatic nitrogens is 2. The van der Waals surface area contributed by atoms with Crippen LogP contribution in [0, 0.1) is 13.8 Å². The third-order valence-electron chi connectivity index (χ3n) is 3.21. The maximum Gasteiger partial charge on any atom is 0.416 e. The predicted octanol–water partition coefficient (Wildman–Crippen LogP) is 4.84. The van der Waals surface area contributed by atoms with Crippen molar-refractivity contribution in [1.82, 2.24) is 9.55 Å². The van der Waals surface area contributed by atoms with Gasteiger partial charge >= 0.3 is 6.18 Å². The quantitative estimate of drug-likeness (QED) is 0.878. The van der Waals surface area contributed by atoms with Crippen LogP contribution in [0.2, 0.25) is 0 Å². The molecule has 3 nitrogen and oxygen atoms in total. The van der Waals surface area contributed by atoms with E-state index in [2.05, 4.69) is 10.3 Å². The maximum atomic E-state index is 12.9. The van der Waals surface area contributed by atoms with E-state index < -0.39 is 11.7 Å². The predicted molar refractivity (Wildman–Crippen MR) is 76.8 cm³/mol. The zero-order chi connectivity index (χ0) is 15.8. The third-order valence-corrected chi connectivity index (χ3v) is 3.21. The summed E-state index contributed by atoms with van der Waals surface area (Å²) in [4.78, 5) is 4.31. The Morgan fingerprint density at radius 2 is 1.86 bits per heavy atom. The van der Waals surface area contributed by atoms with Gasteiger partial charge in [-0.1, -0.05) is 6.07 Å². The van der Waals surface area contributed by atoms with Crippen LogP contribution >= 0.6 is 0 Å². The molecular formula is C15H18F3N3. The average molecular weight is 297 g/mol. The molecule has 1 heterocycles. The molecule has 0 unspecified atom stereocenters. The highest BCUT2D eigenvalue weighted by Crippen LogP contribution is 2.34. The molecule has 0 aliphatic rings. The molecule has 0 bridgehead atoms. The first-order valence-electron chi connectivity index (χ1n) is 6.69. The summed E-state index contributed by atoms with van der Waals surface area (Å²) < 4.78 is 40.7. The number of benzene rings is 1. The second kappa shape index (κ2) is 5.42. The van der Waals surface area contributed by atoms with Gasteiger partial charge in [-0.2, -0.15) is 13.2 Å². The van der Waals surface area contributed by atoms with Crippen molar-refractivity contribution in [3.05, 3.63) is 41.2 Å². The minimum Gasteiger partial charge on any atom is -0.326 e. The van der Waals surface area contributed by atoms with Crippen molar-refractivity contribution in [2.75, 3.05) is 5.32 Å². The molecule has 0 fully saturated rings. The van der Waals surface area contributed by atoms with Gasteiger partial charge in [0.15, 0.2) is 0 Å². The summed E-state index contributed by atoms with van der Waals surface area (Å²) in [5.41, 5.74) is 0.762. The highest BCUT2D eigenvalue weighted by atomic mass is 19.4. The Bertz CT molecular complexity index is 642. The molecule has 1 aromatic heterocycles. The molecule has 0 aliphatic heterocycles. The molecule has 0 radical (unpaired) electrons. The van der Waals surface area contributed by atoms with Crippen LogP contribution in [0.3, 0.4) is 0 Å². The van der Waals surface area contributed by atoms with Crippen LogP contribution in [-0.2, 0) is 6.18 Å². The summed E-state index contributed by atoms with van der Waals surface area (Å²) in [6.45, 7) is 7.28. The van der Waals surface area contributed by atoms with Gasteiger partial charge in [0.1, 0.15) is 0 Å². The molecule has 114 valence electrons. The number of hydrogen-bond acceptors (Lipinski definition) is 2. The summed E-state index contributed by atoms with van der Waals surface area (Å²) >= 11 is 0. The Labute approximate surface area is 121 Å². The van der Waals surface area contributed by atoms with E-state index in [1.165, 1.54) is 13.0 Å². The summed E-state index contributed by atoms with van der Waals surface area (Å²) in [5.74, 6) is 0.541. The molecule has 0 saturated carbocycles. The Morgan fingerprint density at radius 1 is 1.19 bits per heavy atom. The fourth-order valence-electron chi connectivity index (χ4n) is 2.14. The zero-order valence-electron chi connectivity index (χ0n) is 12.4. The summed E-state index contributed by atoms with van der Waals surface area (Å²) in [5, 5.41) is 2.97. The van der Waals surface area contributed by atoms with E-state index in [0.29, 0.717) is 11.6 Å². The number of aryl methyl sites for hydroxylation is 2. The molecule has 2 aromatic rings. The molecule has 1 N–H and O–H groups in total. The van der Waals surface area contributed by atoms with Crippen molar-refractivity contribution in [3.8, 4) is 0 Å². The summed E-state index contributed by atoms with van der Waals surface area (Å²) in [6.07, 6.45) is -2.49. The first-order valence-corrected chi connectivity index (χ1v) is 6.69. The third kappa shape index (κ3) is 3.37. The van der Waals surface area contributed by atoms with Gasteiger partial charge in [0.05, 0.1) is 11.3 Å². The van der Waals surface area contributed by atoms with Crippen LogP contribution in [-0.4, -0.2) is 9.55 Å². The van der Waals surface area contributed by atoms with E-state index in [4.69, 9.17) is 0 Å². The molecule has 0 amide bonds. The van der Waals surface area contributed by atoms with Crippen LogP contribution in [0.25, 0.3) is 0 Å². The number of hydrogen-bond donors (Lipinski definition) is 1. The van der Waals surface area contributed by atoms with E-state index in [0.717, 1.165) is 11.8 Å². The molecule has 0 spiro atoms. The lowest BCUT2D eigenvalue weighted by atomic mass is 10.1. The van der Waals surface area contributed by atoms with Crippen LogP contribution in [0.1, 0.15) is 36.7 Å². The van der Waals surface area contributed by atoms with E-state index in [1.807, 2.05) is 31.5 Å². The molecule has 6 heteroatoms. The van der Waals surface area contributed by atoms with Gasteiger partial charge in [0.25, 0.3) is 0 Å². The fraction of sp³-hybridized carbons (Fsp3) is 0.400. The maximum absolute atomic E-state index is 12.9. The smallest absolute Gasteiger partial charge is 0.326 e. The van der Waals surface area contributed by atoms with Crippen molar-refractivity contribution < 1.29 is 13.2 Å². The van der Waals surface area contributed by atoms with E-state index in [9.17, 15) is 13.2 Å². The van der Waals surface area contributed by atoms with Gasteiger partial charge in [-0.25, -0.2) is 4.98 Å². The Kier molecular flexibility index (Phi) is 3.98. The van der Waals surface area contributed by atoms with Gasteiger partial charge in [-0.05, 0) is 45.4 Å². The van der Waals surface area contributed by atoms with Crippen molar-refractivity contribution >= 4 is 11.6 Å². The summed E-state index contributed by atoms with van der Waals surface area (Å²) in [6, 6.07) is 4.37. The zero-order valence-corrected chi connectivity index (χ0v) is 12.4. The van der Waals surface area contributed by atoms with E-state index in [-0.39, 0.29) is 11.6 Å². The Balaban J connectivity index is 2.37. The molecule has 2 rings (SSSR count). The SMILES string of the molecule is Cc1cn(C(C)C)c(Nc2ccc(C)c(C(F)(F)F)c2)n1. The summed E-state index contributed by atoms with van der Waals surface area (Å²) in [7, 11) is 0. The van der Waals surface area contributed by atoms with Gasteiger partial charge in [-0.3, -0.25) is 0 Å². The average Bonchev–Trinajstić information content (AvgIpc) is 2.71.